The molecule has 0 heterocycles. The Kier molecular flexibility index (Phi) is 14.4. The summed E-state index contributed by atoms with van der Waals surface area (Å²) in [5.74, 6) is -0.794. The highest BCUT2D eigenvalue weighted by molar-refractivity contribution is 6.00. The summed E-state index contributed by atoms with van der Waals surface area (Å²) in [7, 11) is 2.73. The van der Waals surface area contributed by atoms with Gasteiger partial charge >= 0.3 is 11.9 Å². The third-order valence-electron chi connectivity index (χ3n) is 4.29. The lowest BCUT2D eigenvalue weighted by Crippen LogP contribution is -2.15. The molecule has 0 aliphatic heterocycles. The Morgan fingerprint density at radius 1 is 0.583 bits per heavy atom. The quantitative estimate of drug-likeness (QED) is 0.243. The molecule has 0 N–H and O–H groups in total. The molecule has 0 spiro atoms. The molecule has 0 fully saturated rings. The number of carbonyl (C=O) groups excluding carboxylic acids is 2. The SMILES string of the molecule is CCCCCCCCCCC(C(=O)OC)=C(CCCC)C(=O)OC. The number of rotatable bonds is 14. The zero-order chi connectivity index (χ0) is 18.2. The summed E-state index contributed by atoms with van der Waals surface area (Å²) in [4.78, 5) is 24.1. The summed E-state index contributed by atoms with van der Waals surface area (Å²) in [6.45, 7) is 4.28. The van der Waals surface area contributed by atoms with Crippen LogP contribution in [0, 0.1) is 0 Å². The molecular formula is C20H36O4. The van der Waals surface area contributed by atoms with Gasteiger partial charge in [-0.1, -0.05) is 65.2 Å². The van der Waals surface area contributed by atoms with E-state index in [2.05, 4.69) is 13.8 Å². The van der Waals surface area contributed by atoms with Gasteiger partial charge in [-0.05, 0) is 25.7 Å². The minimum Gasteiger partial charge on any atom is -0.466 e. The van der Waals surface area contributed by atoms with E-state index in [4.69, 9.17) is 9.47 Å². The molecule has 0 aliphatic carbocycles. The highest BCUT2D eigenvalue weighted by Gasteiger charge is 2.21. The first-order chi connectivity index (χ1) is 11.6. The van der Waals surface area contributed by atoms with Gasteiger partial charge in [0.15, 0.2) is 0 Å². The first kappa shape index (κ1) is 22.7. The van der Waals surface area contributed by atoms with Crippen LogP contribution in [0.15, 0.2) is 11.1 Å². The minimum atomic E-state index is -0.400. The number of ether oxygens (including phenoxy) is 2. The van der Waals surface area contributed by atoms with E-state index in [0.29, 0.717) is 24.0 Å². The van der Waals surface area contributed by atoms with E-state index in [-0.39, 0.29) is 0 Å². The van der Waals surface area contributed by atoms with Crippen molar-refractivity contribution < 1.29 is 19.1 Å². The predicted octanol–water partition coefficient (Wildman–Crippen LogP) is 5.35. The van der Waals surface area contributed by atoms with Crippen molar-refractivity contribution in [1.82, 2.24) is 0 Å². The fraction of sp³-hybridized carbons (Fsp3) is 0.800. The second-order valence-electron chi connectivity index (χ2n) is 6.27. The van der Waals surface area contributed by atoms with Crippen molar-refractivity contribution in [3.63, 3.8) is 0 Å². The van der Waals surface area contributed by atoms with Gasteiger partial charge in [-0.25, -0.2) is 9.59 Å². The summed E-state index contributed by atoms with van der Waals surface area (Å²) in [5, 5.41) is 0. The average Bonchev–Trinajstić information content (AvgIpc) is 2.61. The van der Waals surface area contributed by atoms with Crippen molar-refractivity contribution in [2.45, 2.75) is 90.9 Å². The molecule has 4 nitrogen and oxygen atoms in total. The molecule has 0 aromatic heterocycles. The highest BCUT2D eigenvalue weighted by Crippen LogP contribution is 2.21. The van der Waals surface area contributed by atoms with Gasteiger partial charge in [-0.3, -0.25) is 0 Å². The molecular weight excluding hydrogens is 304 g/mol. The Morgan fingerprint density at radius 2 is 0.958 bits per heavy atom. The fourth-order valence-corrected chi connectivity index (χ4v) is 2.79. The van der Waals surface area contributed by atoms with E-state index in [0.717, 1.165) is 25.7 Å². The second-order valence-corrected chi connectivity index (χ2v) is 6.27. The molecule has 0 aliphatic rings. The van der Waals surface area contributed by atoms with E-state index in [1.165, 1.54) is 52.7 Å². The summed E-state index contributed by atoms with van der Waals surface area (Å²) < 4.78 is 9.75. The molecule has 0 rings (SSSR count). The molecule has 140 valence electrons. The van der Waals surface area contributed by atoms with Gasteiger partial charge < -0.3 is 9.47 Å². The standard InChI is InChI=1S/C20H36O4/c1-5-7-9-10-11-12-13-14-16-18(20(22)24-4)17(15-8-6-2)19(21)23-3/h5-16H2,1-4H3. The molecule has 0 bridgehead atoms. The molecule has 0 saturated carbocycles. The van der Waals surface area contributed by atoms with Gasteiger partial charge in [0, 0.05) is 11.1 Å². The molecule has 0 amide bonds. The number of hydrogen-bond acceptors (Lipinski definition) is 4. The summed E-state index contributed by atoms with van der Waals surface area (Å²) in [6.07, 6.45) is 12.6. The highest BCUT2D eigenvalue weighted by atomic mass is 16.5. The maximum absolute atomic E-state index is 12.1. The van der Waals surface area contributed by atoms with Gasteiger partial charge in [0.2, 0.25) is 0 Å². The molecule has 0 unspecified atom stereocenters. The Bertz CT molecular complexity index is 385. The zero-order valence-electron chi connectivity index (χ0n) is 16.1. The number of esters is 2. The van der Waals surface area contributed by atoms with E-state index in [9.17, 15) is 9.59 Å². The maximum Gasteiger partial charge on any atom is 0.334 e. The van der Waals surface area contributed by atoms with Crippen LogP contribution in [-0.2, 0) is 19.1 Å². The van der Waals surface area contributed by atoms with Crippen molar-refractivity contribution >= 4 is 11.9 Å². The van der Waals surface area contributed by atoms with Crippen LogP contribution >= 0.6 is 0 Å². The Balaban J connectivity index is 4.59. The lowest BCUT2D eigenvalue weighted by Gasteiger charge is -2.12. The lowest BCUT2D eigenvalue weighted by atomic mass is 9.97. The van der Waals surface area contributed by atoms with Crippen molar-refractivity contribution in [3.8, 4) is 0 Å². The third kappa shape index (κ3) is 9.74. The van der Waals surface area contributed by atoms with Crippen molar-refractivity contribution in [2.75, 3.05) is 14.2 Å². The molecule has 0 aromatic carbocycles. The van der Waals surface area contributed by atoms with Gasteiger partial charge in [0.05, 0.1) is 14.2 Å². The van der Waals surface area contributed by atoms with E-state index in [1.807, 2.05) is 0 Å². The molecule has 4 heteroatoms. The van der Waals surface area contributed by atoms with Gasteiger partial charge in [-0.15, -0.1) is 0 Å². The fourth-order valence-electron chi connectivity index (χ4n) is 2.79. The lowest BCUT2D eigenvalue weighted by molar-refractivity contribution is -0.139. The Morgan fingerprint density at radius 3 is 1.38 bits per heavy atom. The van der Waals surface area contributed by atoms with E-state index >= 15 is 0 Å². The number of unbranched alkanes of at least 4 members (excludes halogenated alkanes) is 8. The van der Waals surface area contributed by atoms with Crippen molar-refractivity contribution in [3.05, 3.63) is 11.1 Å². The Labute approximate surface area is 148 Å². The van der Waals surface area contributed by atoms with Crippen molar-refractivity contribution in [2.24, 2.45) is 0 Å². The normalized spacial score (nSPS) is 11.8. The van der Waals surface area contributed by atoms with E-state index in [1.54, 1.807) is 0 Å². The van der Waals surface area contributed by atoms with Gasteiger partial charge in [-0.2, -0.15) is 0 Å². The topological polar surface area (TPSA) is 52.6 Å². The zero-order valence-corrected chi connectivity index (χ0v) is 16.1. The average molecular weight is 341 g/mol. The summed E-state index contributed by atoms with van der Waals surface area (Å²) >= 11 is 0. The summed E-state index contributed by atoms with van der Waals surface area (Å²) in [6, 6.07) is 0. The molecule has 0 aromatic rings. The first-order valence-electron chi connectivity index (χ1n) is 9.50. The smallest absolute Gasteiger partial charge is 0.334 e. The Hall–Kier alpha value is -1.32. The van der Waals surface area contributed by atoms with Crippen LogP contribution in [0.3, 0.4) is 0 Å². The van der Waals surface area contributed by atoms with E-state index < -0.39 is 11.9 Å². The third-order valence-corrected chi connectivity index (χ3v) is 4.29. The molecule has 0 atom stereocenters. The van der Waals surface area contributed by atoms with Crippen molar-refractivity contribution in [1.29, 1.82) is 0 Å². The van der Waals surface area contributed by atoms with Crippen LogP contribution in [0.2, 0.25) is 0 Å². The first-order valence-corrected chi connectivity index (χ1v) is 9.50. The second kappa shape index (κ2) is 15.2. The maximum atomic E-state index is 12.1. The number of methoxy groups -OCH3 is 2. The van der Waals surface area contributed by atoms with Crippen LogP contribution < -0.4 is 0 Å². The van der Waals surface area contributed by atoms with Crippen LogP contribution in [0.4, 0.5) is 0 Å². The molecule has 24 heavy (non-hydrogen) atoms. The van der Waals surface area contributed by atoms with Gasteiger partial charge in [0.1, 0.15) is 0 Å². The van der Waals surface area contributed by atoms with Crippen LogP contribution in [-0.4, -0.2) is 26.2 Å². The summed E-state index contributed by atoms with van der Waals surface area (Å²) in [5.41, 5.74) is 0.998. The largest absolute Gasteiger partial charge is 0.466 e. The van der Waals surface area contributed by atoms with Gasteiger partial charge in [0.25, 0.3) is 0 Å². The monoisotopic (exact) mass is 340 g/mol. The number of carbonyl (C=O) groups is 2. The van der Waals surface area contributed by atoms with Crippen LogP contribution in [0.25, 0.3) is 0 Å². The van der Waals surface area contributed by atoms with Crippen LogP contribution in [0.1, 0.15) is 90.9 Å². The van der Waals surface area contributed by atoms with Crippen LogP contribution in [0.5, 0.6) is 0 Å². The molecule has 0 saturated heterocycles. The number of hydrogen-bond donors (Lipinski definition) is 0. The minimum absolute atomic E-state index is 0.394. The molecule has 0 radical (unpaired) electrons. The predicted molar refractivity (Wildman–Crippen MR) is 97.8 cm³/mol.